The molecule has 9 heteroatoms. The highest BCUT2D eigenvalue weighted by Gasteiger charge is 2.25. The Kier molecular flexibility index (Phi) is 6.85. The van der Waals surface area contributed by atoms with E-state index in [2.05, 4.69) is 0 Å². The molecule has 0 aliphatic carbocycles. The summed E-state index contributed by atoms with van der Waals surface area (Å²) in [4.78, 5) is 14.3. The zero-order valence-electron chi connectivity index (χ0n) is 17.6. The summed E-state index contributed by atoms with van der Waals surface area (Å²) in [5, 5.41) is 0.390. The maximum absolute atomic E-state index is 13.6. The van der Waals surface area contributed by atoms with Crippen molar-refractivity contribution in [2.45, 2.75) is 17.9 Å². The molecule has 0 saturated carbocycles. The first-order valence-electron chi connectivity index (χ1n) is 9.59. The van der Waals surface area contributed by atoms with Gasteiger partial charge in [0.25, 0.3) is 15.9 Å². The first-order chi connectivity index (χ1) is 15.0. The molecule has 5 nitrogen and oxygen atoms in total. The smallest absolute Gasteiger partial charge is 0.264 e. The van der Waals surface area contributed by atoms with Gasteiger partial charge < -0.3 is 4.90 Å². The summed E-state index contributed by atoms with van der Waals surface area (Å²) in [5.41, 5.74) is 0.921. The van der Waals surface area contributed by atoms with E-state index in [0.29, 0.717) is 16.3 Å². The first-order valence-corrected chi connectivity index (χ1v) is 11.4. The molecule has 3 aromatic rings. The van der Waals surface area contributed by atoms with Crippen molar-refractivity contribution in [1.29, 1.82) is 0 Å². The number of anilines is 1. The Balaban J connectivity index is 1.88. The van der Waals surface area contributed by atoms with E-state index in [1.54, 1.807) is 25.1 Å². The molecule has 32 heavy (non-hydrogen) atoms. The van der Waals surface area contributed by atoms with Gasteiger partial charge in [0.1, 0.15) is 0 Å². The summed E-state index contributed by atoms with van der Waals surface area (Å²) in [5.74, 6) is -2.45. The van der Waals surface area contributed by atoms with E-state index in [1.165, 1.54) is 55.4 Å². The van der Waals surface area contributed by atoms with Crippen LogP contribution >= 0.6 is 11.6 Å². The molecular formula is C23H21ClF2N2O3S. The quantitative estimate of drug-likeness (QED) is 0.484. The number of halogens is 3. The van der Waals surface area contributed by atoms with Crippen molar-refractivity contribution < 1.29 is 22.0 Å². The van der Waals surface area contributed by atoms with Gasteiger partial charge in [-0.2, -0.15) is 0 Å². The van der Waals surface area contributed by atoms with Crippen LogP contribution < -0.4 is 4.31 Å². The van der Waals surface area contributed by atoms with Crippen LogP contribution in [0.25, 0.3) is 0 Å². The Morgan fingerprint density at radius 1 is 0.938 bits per heavy atom. The highest BCUT2D eigenvalue weighted by molar-refractivity contribution is 7.92. The predicted molar refractivity (Wildman–Crippen MR) is 120 cm³/mol. The van der Waals surface area contributed by atoms with Crippen LogP contribution in [0.3, 0.4) is 0 Å². The van der Waals surface area contributed by atoms with Crippen molar-refractivity contribution in [3.63, 3.8) is 0 Å². The molecule has 3 aromatic carbocycles. The second kappa shape index (κ2) is 9.26. The summed E-state index contributed by atoms with van der Waals surface area (Å²) in [7, 11) is -1.06. The number of nitrogens with zero attached hydrogens (tertiary/aromatic N) is 2. The average Bonchev–Trinajstić information content (AvgIpc) is 2.79. The summed E-state index contributed by atoms with van der Waals surface area (Å²) >= 11 is 5.97. The lowest BCUT2D eigenvalue weighted by molar-refractivity contribution is 0.0742. The molecule has 168 valence electrons. The molecule has 0 fully saturated rings. The van der Waals surface area contributed by atoms with Crippen molar-refractivity contribution in [3.8, 4) is 0 Å². The van der Waals surface area contributed by atoms with Crippen LogP contribution in [0.15, 0.2) is 71.6 Å². The highest BCUT2D eigenvalue weighted by Crippen LogP contribution is 2.27. The Hall–Kier alpha value is -2.97. The Bertz CT molecular complexity index is 1270. The molecule has 0 N–H and O–H groups in total. The third-order valence-electron chi connectivity index (χ3n) is 5.24. The van der Waals surface area contributed by atoms with Crippen LogP contribution in [0.1, 0.15) is 28.9 Å². The standard InChI is InChI=1S/C23H21ClF2N2O3S/c1-15(16-10-11-21(25)22(26)13-16)27(2)23(29)17-6-4-9-20(12-17)32(30,31)28(3)19-8-5-7-18(24)14-19/h4-15H,1-3H3. The van der Waals surface area contributed by atoms with Gasteiger partial charge >= 0.3 is 0 Å². The average molecular weight is 479 g/mol. The topological polar surface area (TPSA) is 57.7 Å². The monoisotopic (exact) mass is 478 g/mol. The minimum absolute atomic E-state index is 0.0697. The normalized spacial score (nSPS) is 12.3. The van der Waals surface area contributed by atoms with Gasteiger partial charge in [0, 0.05) is 24.7 Å². The fourth-order valence-corrected chi connectivity index (χ4v) is 4.55. The van der Waals surface area contributed by atoms with Crippen molar-refractivity contribution >= 4 is 33.2 Å². The van der Waals surface area contributed by atoms with Crippen molar-refractivity contribution in [2.75, 3.05) is 18.4 Å². The number of rotatable bonds is 6. The molecule has 0 radical (unpaired) electrons. The van der Waals surface area contributed by atoms with E-state index in [1.807, 2.05) is 0 Å². The number of amides is 1. The van der Waals surface area contributed by atoms with Gasteiger partial charge in [-0.15, -0.1) is 0 Å². The van der Waals surface area contributed by atoms with Gasteiger partial charge in [0.15, 0.2) is 11.6 Å². The molecule has 0 spiro atoms. The molecule has 0 saturated heterocycles. The molecule has 0 heterocycles. The number of sulfonamides is 1. The van der Waals surface area contributed by atoms with Crippen LogP contribution in [-0.4, -0.2) is 33.3 Å². The SMILES string of the molecule is CC(c1ccc(F)c(F)c1)N(C)C(=O)c1cccc(S(=O)(=O)N(C)c2cccc(Cl)c2)c1. The van der Waals surface area contributed by atoms with Crippen LogP contribution in [0.2, 0.25) is 5.02 Å². The maximum Gasteiger partial charge on any atom is 0.264 e. The summed E-state index contributed by atoms with van der Waals surface area (Å²) in [6.07, 6.45) is 0. The number of carbonyl (C=O) groups excluding carboxylic acids is 1. The minimum Gasteiger partial charge on any atom is -0.335 e. The zero-order chi connectivity index (χ0) is 23.6. The van der Waals surface area contributed by atoms with Crippen molar-refractivity contribution in [1.82, 2.24) is 4.90 Å². The second-order valence-electron chi connectivity index (χ2n) is 7.25. The maximum atomic E-state index is 13.6. The molecule has 0 aliphatic rings. The van der Waals surface area contributed by atoms with Gasteiger partial charge in [0.05, 0.1) is 16.6 Å². The molecule has 3 rings (SSSR count). The third-order valence-corrected chi connectivity index (χ3v) is 7.26. The number of hydrogen-bond acceptors (Lipinski definition) is 3. The van der Waals surface area contributed by atoms with Crippen molar-refractivity contribution in [3.05, 3.63) is 94.5 Å². The van der Waals surface area contributed by atoms with Gasteiger partial charge in [0.2, 0.25) is 0 Å². The fourth-order valence-electron chi connectivity index (χ4n) is 3.13. The Morgan fingerprint density at radius 2 is 1.62 bits per heavy atom. The molecular weight excluding hydrogens is 458 g/mol. The predicted octanol–water partition coefficient (Wildman–Crippen LogP) is 5.28. The van der Waals surface area contributed by atoms with E-state index >= 15 is 0 Å². The molecule has 1 amide bonds. The van der Waals surface area contributed by atoms with E-state index in [-0.39, 0.29) is 10.5 Å². The summed E-state index contributed by atoms with van der Waals surface area (Å²) in [6, 6.07) is 14.9. The van der Waals surface area contributed by atoms with E-state index < -0.39 is 33.6 Å². The highest BCUT2D eigenvalue weighted by atomic mass is 35.5. The second-order valence-corrected chi connectivity index (χ2v) is 9.65. The molecule has 0 aromatic heterocycles. The lowest BCUT2D eigenvalue weighted by Crippen LogP contribution is -2.30. The van der Waals surface area contributed by atoms with Gasteiger partial charge in [-0.3, -0.25) is 9.10 Å². The number of hydrogen-bond donors (Lipinski definition) is 0. The third kappa shape index (κ3) is 4.76. The first kappa shape index (κ1) is 23.7. The van der Waals surface area contributed by atoms with Gasteiger partial charge in [-0.25, -0.2) is 17.2 Å². The lowest BCUT2D eigenvalue weighted by Gasteiger charge is -2.26. The summed E-state index contributed by atoms with van der Waals surface area (Å²) < 4.78 is 54.1. The number of benzene rings is 3. The van der Waals surface area contributed by atoms with E-state index in [4.69, 9.17) is 11.6 Å². The Labute approximate surface area is 190 Å². The van der Waals surface area contributed by atoms with E-state index in [9.17, 15) is 22.0 Å². The molecule has 1 atom stereocenters. The zero-order valence-corrected chi connectivity index (χ0v) is 19.2. The fraction of sp³-hybridized carbons (Fsp3) is 0.174. The molecule has 0 aliphatic heterocycles. The largest absolute Gasteiger partial charge is 0.335 e. The van der Waals surface area contributed by atoms with Gasteiger partial charge in [-0.1, -0.05) is 29.8 Å². The Morgan fingerprint density at radius 3 is 2.28 bits per heavy atom. The van der Waals surface area contributed by atoms with Crippen LogP contribution in [0.4, 0.5) is 14.5 Å². The molecule has 0 bridgehead atoms. The van der Waals surface area contributed by atoms with Gasteiger partial charge in [-0.05, 0) is 61.0 Å². The molecule has 1 unspecified atom stereocenters. The van der Waals surface area contributed by atoms with Crippen LogP contribution in [-0.2, 0) is 10.0 Å². The van der Waals surface area contributed by atoms with Crippen molar-refractivity contribution in [2.24, 2.45) is 0 Å². The summed E-state index contributed by atoms with van der Waals surface area (Å²) in [6.45, 7) is 1.66. The number of carbonyl (C=O) groups is 1. The van der Waals surface area contributed by atoms with E-state index in [0.717, 1.165) is 16.4 Å². The lowest BCUT2D eigenvalue weighted by atomic mass is 10.1. The van der Waals surface area contributed by atoms with Crippen LogP contribution in [0.5, 0.6) is 0 Å². The van der Waals surface area contributed by atoms with Crippen LogP contribution in [0, 0.1) is 11.6 Å². The minimum atomic E-state index is -3.96.